The standard InChI is InChI=1S/C45H49N3O8/c1-2-54-41-22-29(11-12-33(41)25-46-26-40(51)36-13-15-39(50)45-37(36)14-16-43(52)47-45)21-34(49)28-55-35-10-6-9-32(23-35)38(30-7-4-3-5-8-30)24-44(53)56-42-27-48-19-17-31(42)18-20-48/h3-16,22-23,31,38,40,42,46,50-51H,2,17-21,24-28H2,1H3,(H,47,52)/t38-,40-,42-/m0/s1. The van der Waals surface area contributed by atoms with Gasteiger partial charge in [0.15, 0.2) is 5.78 Å². The molecule has 8 rings (SSSR count). The number of aliphatic hydroxyl groups is 1. The number of hydrogen-bond acceptors (Lipinski definition) is 10. The molecule has 11 nitrogen and oxygen atoms in total. The third-order valence-electron chi connectivity index (χ3n) is 10.9. The Kier molecular flexibility index (Phi) is 12.4. The molecule has 4 aromatic carbocycles. The number of nitrogens with one attached hydrogen (secondary N) is 2. The number of hydrogen-bond donors (Lipinski definition) is 4. The van der Waals surface area contributed by atoms with Gasteiger partial charge in [0.25, 0.3) is 0 Å². The summed E-state index contributed by atoms with van der Waals surface area (Å²) in [4.78, 5) is 43.3. The minimum absolute atomic E-state index is 0.0481. The van der Waals surface area contributed by atoms with Crippen molar-refractivity contribution in [3.8, 4) is 17.2 Å². The number of Topliss-reactive ketones (excluding diaryl/α,β-unsaturated/α-hetero) is 1. The van der Waals surface area contributed by atoms with Crippen LogP contribution in [0.1, 0.15) is 66.0 Å². The second kappa shape index (κ2) is 18.0. The number of ketones is 1. The summed E-state index contributed by atoms with van der Waals surface area (Å²) in [6, 6.07) is 29.2. The molecule has 11 heteroatoms. The van der Waals surface area contributed by atoms with Crippen molar-refractivity contribution < 1.29 is 34.0 Å². The highest BCUT2D eigenvalue weighted by Gasteiger charge is 2.37. The molecule has 0 unspecified atom stereocenters. The average Bonchev–Trinajstić information content (AvgIpc) is 3.21. The Hall–Kier alpha value is -5.49. The van der Waals surface area contributed by atoms with E-state index in [1.807, 2.05) is 79.7 Å². The second-order valence-corrected chi connectivity index (χ2v) is 14.7. The number of fused-ring (bicyclic) bond motifs is 4. The van der Waals surface area contributed by atoms with Crippen molar-refractivity contribution in [2.75, 3.05) is 39.4 Å². The van der Waals surface area contributed by atoms with Gasteiger partial charge in [0.2, 0.25) is 5.56 Å². The quantitative estimate of drug-likeness (QED) is 0.0857. The number of aromatic nitrogens is 1. The molecule has 4 N–H and O–H groups in total. The Morgan fingerprint density at radius 1 is 0.929 bits per heavy atom. The number of rotatable bonds is 17. The van der Waals surface area contributed by atoms with Gasteiger partial charge in [0.05, 0.1) is 24.6 Å². The lowest BCUT2D eigenvalue weighted by molar-refractivity contribution is -0.159. The zero-order chi connectivity index (χ0) is 39.0. The van der Waals surface area contributed by atoms with E-state index in [4.69, 9.17) is 14.2 Å². The second-order valence-electron chi connectivity index (χ2n) is 14.7. The first-order chi connectivity index (χ1) is 27.2. The molecule has 0 spiro atoms. The summed E-state index contributed by atoms with van der Waals surface area (Å²) in [5, 5.41) is 25.0. The molecule has 0 aliphatic carbocycles. The van der Waals surface area contributed by atoms with Crippen molar-refractivity contribution in [3.63, 3.8) is 0 Å². The van der Waals surface area contributed by atoms with Crippen LogP contribution in [0.15, 0.2) is 102 Å². The molecule has 3 aliphatic heterocycles. The number of pyridine rings is 1. The highest BCUT2D eigenvalue weighted by atomic mass is 16.5. The normalized spacial score (nSPS) is 18.6. The van der Waals surface area contributed by atoms with E-state index >= 15 is 0 Å². The van der Waals surface area contributed by atoms with Crippen LogP contribution in [0.4, 0.5) is 0 Å². The van der Waals surface area contributed by atoms with E-state index in [1.165, 1.54) is 12.1 Å². The number of phenols is 1. The number of aromatic hydroxyl groups is 1. The predicted molar refractivity (Wildman–Crippen MR) is 213 cm³/mol. The number of H-pyrrole nitrogens is 1. The van der Waals surface area contributed by atoms with E-state index in [2.05, 4.69) is 15.2 Å². The maximum atomic E-state index is 13.3. The topological polar surface area (TPSA) is 150 Å². The third-order valence-corrected chi connectivity index (χ3v) is 10.9. The lowest BCUT2D eigenvalue weighted by atomic mass is 9.85. The number of carbonyl (C=O) groups is 2. The third kappa shape index (κ3) is 9.47. The summed E-state index contributed by atoms with van der Waals surface area (Å²) in [6.07, 6.45) is 1.57. The molecule has 0 radical (unpaired) electrons. The number of ether oxygens (including phenoxy) is 3. The van der Waals surface area contributed by atoms with Gasteiger partial charge in [-0.1, -0.05) is 60.7 Å². The zero-order valence-electron chi connectivity index (χ0n) is 31.6. The first-order valence-electron chi connectivity index (χ1n) is 19.4. The van der Waals surface area contributed by atoms with Crippen LogP contribution in [0.5, 0.6) is 17.2 Å². The Balaban J connectivity index is 0.946. The molecule has 5 aromatic rings. The van der Waals surface area contributed by atoms with Gasteiger partial charge in [-0.05, 0) is 91.4 Å². The van der Waals surface area contributed by atoms with Crippen molar-refractivity contribution in [1.82, 2.24) is 15.2 Å². The molecule has 0 amide bonds. The SMILES string of the molecule is CCOc1cc(CC(=O)COc2cccc([C@@H](CC(=O)O[C@H]3CN4CCC3CC4)c3ccccc3)c2)ccc1CNC[C@H](O)c1ccc(O)c2[nH]c(=O)ccc12. The molecule has 3 saturated heterocycles. The fourth-order valence-corrected chi connectivity index (χ4v) is 7.95. The largest absolute Gasteiger partial charge is 0.506 e. The van der Waals surface area contributed by atoms with Crippen LogP contribution in [-0.4, -0.2) is 77.3 Å². The Morgan fingerprint density at radius 3 is 2.50 bits per heavy atom. The Labute approximate surface area is 326 Å². The number of aliphatic hydroxyl groups excluding tert-OH is 1. The van der Waals surface area contributed by atoms with Crippen molar-refractivity contribution >= 4 is 22.7 Å². The highest BCUT2D eigenvalue weighted by molar-refractivity contribution is 5.87. The number of phenolic OH excluding ortho intramolecular Hbond substituents is 1. The van der Waals surface area contributed by atoms with E-state index in [0.29, 0.717) is 41.5 Å². The molecule has 1 aromatic heterocycles. The molecule has 292 valence electrons. The van der Waals surface area contributed by atoms with E-state index in [9.17, 15) is 24.6 Å². The van der Waals surface area contributed by atoms with Gasteiger partial charge in [-0.3, -0.25) is 19.3 Å². The number of esters is 1. The van der Waals surface area contributed by atoms with Crippen molar-refractivity contribution in [1.29, 1.82) is 0 Å². The molecule has 3 fully saturated rings. The summed E-state index contributed by atoms with van der Waals surface area (Å²) in [7, 11) is 0. The summed E-state index contributed by atoms with van der Waals surface area (Å²) < 4.78 is 18.0. The highest BCUT2D eigenvalue weighted by Crippen LogP contribution is 2.34. The minimum Gasteiger partial charge on any atom is -0.506 e. The van der Waals surface area contributed by atoms with Crippen LogP contribution in [0.2, 0.25) is 0 Å². The maximum Gasteiger partial charge on any atom is 0.307 e. The van der Waals surface area contributed by atoms with E-state index in [-0.39, 0.29) is 66.6 Å². The number of aromatic amines is 1. The zero-order valence-corrected chi connectivity index (χ0v) is 31.6. The summed E-state index contributed by atoms with van der Waals surface area (Å²) in [6.45, 7) is 5.80. The Morgan fingerprint density at radius 2 is 1.73 bits per heavy atom. The number of piperidine rings is 3. The fourth-order valence-electron chi connectivity index (χ4n) is 7.95. The van der Waals surface area contributed by atoms with Crippen molar-refractivity contribution in [3.05, 3.63) is 135 Å². The van der Waals surface area contributed by atoms with Gasteiger partial charge in [-0.25, -0.2) is 0 Å². The summed E-state index contributed by atoms with van der Waals surface area (Å²) in [5.41, 5.74) is 4.09. The summed E-state index contributed by atoms with van der Waals surface area (Å²) in [5.74, 6) is 1.04. The van der Waals surface area contributed by atoms with E-state index < -0.39 is 6.10 Å². The molecule has 3 atom stereocenters. The monoisotopic (exact) mass is 759 g/mol. The molecule has 2 bridgehead atoms. The molecule has 3 aliphatic rings. The molecular formula is C45H49N3O8. The molecule has 4 heterocycles. The van der Waals surface area contributed by atoms with Crippen LogP contribution < -0.4 is 20.3 Å². The Bertz CT molecular complexity index is 2200. The van der Waals surface area contributed by atoms with Gasteiger partial charge in [-0.15, -0.1) is 0 Å². The van der Waals surface area contributed by atoms with Crippen LogP contribution in [0, 0.1) is 5.92 Å². The van der Waals surface area contributed by atoms with Crippen molar-refractivity contribution in [2.45, 2.75) is 57.3 Å². The number of carbonyl (C=O) groups excluding carboxylic acids is 2. The molecule has 0 saturated carbocycles. The minimum atomic E-state index is -0.905. The average molecular weight is 760 g/mol. The number of benzene rings is 4. The fraction of sp³-hybridized carbons (Fsp3) is 0.356. The maximum absolute atomic E-state index is 13.3. The molecule has 56 heavy (non-hydrogen) atoms. The van der Waals surface area contributed by atoms with Gasteiger partial charge in [0, 0.05) is 49.0 Å². The first kappa shape index (κ1) is 38.8. The predicted octanol–water partition coefficient (Wildman–Crippen LogP) is 5.81. The van der Waals surface area contributed by atoms with Crippen LogP contribution in [0.25, 0.3) is 10.9 Å². The lowest BCUT2D eigenvalue weighted by Crippen LogP contribution is -2.52. The van der Waals surface area contributed by atoms with Crippen molar-refractivity contribution in [2.24, 2.45) is 5.92 Å². The molecular weight excluding hydrogens is 711 g/mol. The van der Waals surface area contributed by atoms with Crippen LogP contribution in [0.3, 0.4) is 0 Å². The summed E-state index contributed by atoms with van der Waals surface area (Å²) >= 11 is 0. The van der Waals surface area contributed by atoms with Gasteiger partial charge in [0.1, 0.15) is 30.0 Å². The van der Waals surface area contributed by atoms with E-state index in [1.54, 1.807) is 12.1 Å². The number of nitrogens with zero attached hydrogens (tertiary/aromatic N) is 1. The van der Waals surface area contributed by atoms with Crippen LogP contribution in [-0.2, 0) is 27.3 Å². The van der Waals surface area contributed by atoms with Gasteiger partial charge < -0.3 is 34.7 Å². The van der Waals surface area contributed by atoms with Gasteiger partial charge in [-0.2, -0.15) is 0 Å². The smallest absolute Gasteiger partial charge is 0.307 e. The van der Waals surface area contributed by atoms with Crippen LogP contribution >= 0.6 is 0 Å². The first-order valence-corrected chi connectivity index (χ1v) is 19.4. The van der Waals surface area contributed by atoms with E-state index in [0.717, 1.165) is 54.7 Å². The van der Waals surface area contributed by atoms with Gasteiger partial charge >= 0.3 is 5.97 Å². The lowest BCUT2D eigenvalue weighted by Gasteiger charge is -2.44.